The fourth-order valence-corrected chi connectivity index (χ4v) is 1.41. The molecule has 0 aliphatic rings. The summed E-state index contributed by atoms with van der Waals surface area (Å²) < 4.78 is 38.3. The average molecular weight is 238 g/mol. The van der Waals surface area contributed by atoms with Crippen LogP contribution in [0.1, 0.15) is 17.6 Å². The molecular weight excluding hydrogens is 229 g/mol. The van der Waals surface area contributed by atoms with Crippen molar-refractivity contribution >= 4 is 0 Å². The molecule has 0 saturated carbocycles. The highest BCUT2D eigenvalue weighted by Crippen LogP contribution is 2.23. The molecule has 0 radical (unpaired) electrons. The summed E-state index contributed by atoms with van der Waals surface area (Å²) in [5.74, 6) is -0.326. The molecule has 0 spiro atoms. The highest BCUT2D eigenvalue weighted by molar-refractivity contribution is 5.56. The molecule has 0 bridgehead atoms. The van der Waals surface area contributed by atoms with Gasteiger partial charge in [0.05, 0.1) is 11.1 Å². The first-order valence-electron chi connectivity index (χ1n) is 4.95. The number of nitrogens with zero attached hydrogens (tertiary/aromatic N) is 2. The lowest BCUT2D eigenvalue weighted by molar-refractivity contribution is 0.150. The molecule has 0 N–H and O–H groups in total. The largest absolute Gasteiger partial charge is 0.266 e. The van der Waals surface area contributed by atoms with Gasteiger partial charge in [0.15, 0.2) is 5.82 Å². The predicted molar refractivity (Wildman–Crippen MR) is 57.1 cm³/mol. The van der Waals surface area contributed by atoms with Gasteiger partial charge >= 0.3 is 0 Å². The lowest BCUT2D eigenvalue weighted by Crippen LogP contribution is -1.96. The SMILES string of the molecule is Cc1cccc(-c2ncc(C(F)F)cn2)c1F. The Hall–Kier alpha value is -1.91. The van der Waals surface area contributed by atoms with Crippen LogP contribution in [-0.4, -0.2) is 9.97 Å². The van der Waals surface area contributed by atoms with Crippen LogP contribution in [0.15, 0.2) is 30.6 Å². The van der Waals surface area contributed by atoms with Crippen molar-refractivity contribution in [1.29, 1.82) is 0 Å². The highest BCUT2D eigenvalue weighted by atomic mass is 19.3. The first-order valence-corrected chi connectivity index (χ1v) is 4.95. The summed E-state index contributed by atoms with van der Waals surface area (Å²) in [5.41, 5.74) is 0.400. The summed E-state index contributed by atoms with van der Waals surface area (Å²) in [4.78, 5) is 7.48. The Kier molecular flexibility index (Phi) is 3.08. The Labute approximate surface area is 96.2 Å². The summed E-state index contributed by atoms with van der Waals surface area (Å²) in [7, 11) is 0. The van der Waals surface area contributed by atoms with Crippen molar-refractivity contribution < 1.29 is 13.2 Å². The van der Waals surface area contributed by atoms with Gasteiger partial charge in [-0.15, -0.1) is 0 Å². The van der Waals surface area contributed by atoms with Gasteiger partial charge in [0.2, 0.25) is 0 Å². The number of aryl methyl sites for hydroxylation is 1. The van der Waals surface area contributed by atoms with E-state index in [1.165, 1.54) is 6.07 Å². The second-order valence-corrected chi connectivity index (χ2v) is 3.58. The second-order valence-electron chi connectivity index (χ2n) is 3.58. The first-order chi connectivity index (χ1) is 8.09. The molecule has 2 aromatic rings. The molecule has 17 heavy (non-hydrogen) atoms. The molecule has 2 rings (SSSR count). The van der Waals surface area contributed by atoms with Crippen LogP contribution in [0.3, 0.4) is 0 Å². The van der Waals surface area contributed by atoms with E-state index in [4.69, 9.17) is 0 Å². The van der Waals surface area contributed by atoms with Gasteiger partial charge in [-0.05, 0) is 18.6 Å². The molecular formula is C12H9F3N2. The zero-order valence-electron chi connectivity index (χ0n) is 8.99. The Morgan fingerprint density at radius 2 is 1.76 bits per heavy atom. The maximum atomic E-state index is 13.7. The van der Waals surface area contributed by atoms with Crippen LogP contribution in [-0.2, 0) is 0 Å². The fraction of sp³-hybridized carbons (Fsp3) is 0.167. The van der Waals surface area contributed by atoms with Crippen molar-refractivity contribution in [2.75, 3.05) is 0 Å². The Bertz CT molecular complexity index is 524. The van der Waals surface area contributed by atoms with Crippen LogP contribution in [0.4, 0.5) is 13.2 Å². The van der Waals surface area contributed by atoms with Crippen molar-refractivity contribution in [1.82, 2.24) is 9.97 Å². The summed E-state index contributed by atoms with van der Waals surface area (Å²) in [6.07, 6.45) is -0.602. The topological polar surface area (TPSA) is 25.8 Å². The third kappa shape index (κ3) is 2.27. The maximum absolute atomic E-state index is 13.7. The molecule has 0 amide bonds. The third-order valence-electron chi connectivity index (χ3n) is 2.36. The Morgan fingerprint density at radius 1 is 1.12 bits per heavy atom. The van der Waals surface area contributed by atoms with E-state index < -0.39 is 12.2 Å². The number of alkyl halides is 2. The lowest BCUT2D eigenvalue weighted by atomic mass is 10.1. The molecule has 1 heterocycles. The molecule has 0 unspecified atom stereocenters. The van der Waals surface area contributed by atoms with Gasteiger partial charge < -0.3 is 0 Å². The first kappa shape index (κ1) is 11.6. The highest BCUT2D eigenvalue weighted by Gasteiger charge is 2.12. The lowest BCUT2D eigenvalue weighted by Gasteiger charge is -2.04. The van der Waals surface area contributed by atoms with Crippen molar-refractivity contribution in [3.05, 3.63) is 47.5 Å². The van der Waals surface area contributed by atoms with E-state index in [0.717, 1.165) is 12.4 Å². The van der Waals surface area contributed by atoms with Crippen molar-refractivity contribution in [2.24, 2.45) is 0 Å². The number of benzene rings is 1. The monoisotopic (exact) mass is 238 g/mol. The van der Waals surface area contributed by atoms with E-state index in [9.17, 15) is 13.2 Å². The van der Waals surface area contributed by atoms with E-state index in [-0.39, 0.29) is 17.0 Å². The van der Waals surface area contributed by atoms with Gasteiger partial charge in [-0.25, -0.2) is 23.1 Å². The molecule has 88 valence electrons. The zero-order valence-corrected chi connectivity index (χ0v) is 8.99. The van der Waals surface area contributed by atoms with Gasteiger partial charge in [-0.1, -0.05) is 12.1 Å². The molecule has 0 aliphatic heterocycles. The predicted octanol–water partition coefficient (Wildman–Crippen LogP) is 3.53. The molecule has 1 aromatic heterocycles. The second kappa shape index (κ2) is 4.53. The van der Waals surface area contributed by atoms with Crippen LogP contribution in [0.2, 0.25) is 0 Å². The summed E-state index contributed by atoms with van der Waals surface area (Å²) >= 11 is 0. The minimum atomic E-state index is -2.62. The quantitative estimate of drug-likeness (QED) is 0.799. The van der Waals surface area contributed by atoms with E-state index in [0.29, 0.717) is 5.56 Å². The summed E-state index contributed by atoms with van der Waals surface area (Å²) in [6, 6.07) is 4.80. The molecule has 2 nitrogen and oxygen atoms in total. The van der Waals surface area contributed by atoms with Gasteiger partial charge in [0.25, 0.3) is 6.43 Å². The molecule has 0 fully saturated rings. The van der Waals surface area contributed by atoms with Crippen molar-refractivity contribution in [3.8, 4) is 11.4 Å². The maximum Gasteiger partial charge on any atom is 0.266 e. The van der Waals surface area contributed by atoms with Gasteiger partial charge in [0.1, 0.15) is 5.82 Å². The summed E-state index contributed by atoms with van der Waals surface area (Å²) in [6.45, 7) is 1.62. The van der Waals surface area contributed by atoms with Crippen LogP contribution < -0.4 is 0 Å². The minimum Gasteiger partial charge on any atom is -0.236 e. The Balaban J connectivity index is 2.43. The van der Waals surface area contributed by atoms with E-state index in [1.807, 2.05) is 0 Å². The number of hydrogen-bond acceptors (Lipinski definition) is 2. The van der Waals surface area contributed by atoms with E-state index >= 15 is 0 Å². The Morgan fingerprint density at radius 3 is 2.35 bits per heavy atom. The van der Waals surface area contributed by atoms with Crippen molar-refractivity contribution in [3.63, 3.8) is 0 Å². The zero-order chi connectivity index (χ0) is 12.4. The molecule has 0 saturated heterocycles. The van der Waals surface area contributed by atoms with Crippen LogP contribution in [0.5, 0.6) is 0 Å². The average Bonchev–Trinajstić information content (AvgIpc) is 2.33. The van der Waals surface area contributed by atoms with Crippen molar-refractivity contribution in [2.45, 2.75) is 13.3 Å². The number of hydrogen-bond donors (Lipinski definition) is 0. The number of halogens is 3. The number of rotatable bonds is 2. The van der Waals surface area contributed by atoms with Gasteiger partial charge in [-0.2, -0.15) is 0 Å². The molecule has 0 atom stereocenters. The van der Waals surface area contributed by atoms with Gasteiger partial charge in [0, 0.05) is 12.4 Å². The van der Waals surface area contributed by atoms with E-state index in [2.05, 4.69) is 9.97 Å². The third-order valence-corrected chi connectivity index (χ3v) is 2.36. The molecule has 5 heteroatoms. The van der Waals surface area contributed by atoms with Crippen LogP contribution in [0.25, 0.3) is 11.4 Å². The minimum absolute atomic E-state index is 0.107. The summed E-state index contributed by atoms with van der Waals surface area (Å²) in [5, 5.41) is 0. The van der Waals surface area contributed by atoms with Crippen LogP contribution in [0, 0.1) is 12.7 Å². The van der Waals surface area contributed by atoms with E-state index in [1.54, 1.807) is 19.1 Å². The normalized spacial score (nSPS) is 10.9. The molecule has 1 aromatic carbocycles. The number of aromatic nitrogens is 2. The standard InChI is InChI=1S/C12H9F3N2/c1-7-3-2-4-9(10(7)13)12-16-5-8(6-17-12)11(14)15/h2-6,11H,1H3. The fourth-order valence-electron chi connectivity index (χ4n) is 1.41. The smallest absolute Gasteiger partial charge is 0.236 e. The molecule has 0 aliphatic carbocycles. The van der Waals surface area contributed by atoms with Gasteiger partial charge in [-0.3, -0.25) is 0 Å². The van der Waals surface area contributed by atoms with Crippen LogP contribution >= 0.6 is 0 Å².